The Labute approximate surface area is 120 Å². The zero-order valence-electron chi connectivity index (χ0n) is 11.1. The molecule has 5 heteroatoms. The van der Waals surface area contributed by atoms with E-state index in [0.717, 1.165) is 0 Å². The monoisotopic (exact) mass is 293 g/mol. The summed E-state index contributed by atoms with van der Waals surface area (Å²) in [7, 11) is 0. The van der Waals surface area contributed by atoms with Crippen LogP contribution in [0, 0.1) is 0 Å². The van der Waals surface area contributed by atoms with Gasteiger partial charge in [0.2, 0.25) is 5.91 Å². The third-order valence-corrected chi connectivity index (χ3v) is 2.99. The highest BCUT2D eigenvalue weighted by atomic mass is 19.4. The van der Waals surface area contributed by atoms with Gasteiger partial charge in [-0.15, -0.1) is 0 Å². The topological polar surface area (TPSA) is 29.1 Å². The molecule has 2 aromatic carbocycles. The molecule has 1 amide bonds. The molecule has 0 fully saturated rings. The maximum Gasteiger partial charge on any atom is 0.405 e. The van der Waals surface area contributed by atoms with Crippen LogP contribution in [-0.2, 0) is 4.79 Å². The molecule has 110 valence electrons. The SMILES string of the molecule is O=C(NCC(F)(F)F)C(c1ccccc1)c1ccccc1. The van der Waals surface area contributed by atoms with E-state index in [0.29, 0.717) is 11.1 Å². The Hall–Kier alpha value is -2.30. The molecule has 0 aliphatic heterocycles. The van der Waals surface area contributed by atoms with Gasteiger partial charge in [-0.25, -0.2) is 0 Å². The average Bonchev–Trinajstić information content (AvgIpc) is 2.47. The molecule has 0 aromatic heterocycles. The van der Waals surface area contributed by atoms with E-state index in [2.05, 4.69) is 0 Å². The van der Waals surface area contributed by atoms with Crippen LogP contribution in [0.5, 0.6) is 0 Å². The van der Waals surface area contributed by atoms with Crippen LogP contribution in [0.1, 0.15) is 17.0 Å². The number of rotatable bonds is 4. The normalized spacial score (nSPS) is 11.4. The minimum Gasteiger partial charge on any atom is -0.346 e. The molecule has 0 bridgehead atoms. The third kappa shape index (κ3) is 4.34. The molecule has 0 saturated heterocycles. The minimum atomic E-state index is -4.42. The molecule has 0 spiro atoms. The lowest BCUT2D eigenvalue weighted by Crippen LogP contribution is -2.37. The van der Waals surface area contributed by atoms with Gasteiger partial charge >= 0.3 is 6.18 Å². The number of benzene rings is 2. The third-order valence-electron chi connectivity index (χ3n) is 2.99. The summed E-state index contributed by atoms with van der Waals surface area (Å²) in [6, 6.07) is 17.5. The maximum absolute atomic E-state index is 12.3. The van der Waals surface area contributed by atoms with Crippen molar-refractivity contribution in [2.45, 2.75) is 12.1 Å². The molecule has 1 N–H and O–H groups in total. The number of amides is 1. The minimum absolute atomic E-state index is 0.656. The van der Waals surface area contributed by atoms with E-state index in [1.807, 2.05) is 5.32 Å². The van der Waals surface area contributed by atoms with Crippen molar-refractivity contribution in [2.75, 3.05) is 6.54 Å². The summed E-state index contributed by atoms with van der Waals surface area (Å²) in [6.07, 6.45) is -4.42. The second-order valence-corrected chi connectivity index (χ2v) is 4.59. The first-order chi connectivity index (χ1) is 9.97. The van der Waals surface area contributed by atoms with Gasteiger partial charge in [0.1, 0.15) is 6.54 Å². The standard InChI is InChI=1S/C16H14F3NO/c17-16(18,19)11-20-15(21)14(12-7-3-1-4-8-12)13-9-5-2-6-10-13/h1-10,14H,11H2,(H,20,21). The summed E-state index contributed by atoms with van der Waals surface area (Å²) in [4.78, 5) is 12.2. The van der Waals surface area contributed by atoms with Crippen LogP contribution in [0.4, 0.5) is 13.2 Å². The number of hydrogen-bond donors (Lipinski definition) is 1. The molecule has 0 unspecified atom stereocenters. The van der Waals surface area contributed by atoms with E-state index < -0.39 is 24.5 Å². The second kappa shape index (κ2) is 6.43. The van der Waals surface area contributed by atoms with E-state index in [9.17, 15) is 18.0 Å². The van der Waals surface area contributed by atoms with Gasteiger partial charge in [-0.1, -0.05) is 60.7 Å². The summed E-state index contributed by atoms with van der Waals surface area (Å²) in [5.74, 6) is -1.42. The quantitative estimate of drug-likeness (QED) is 0.918. The van der Waals surface area contributed by atoms with Crippen molar-refractivity contribution in [3.8, 4) is 0 Å². The van der Waals surface area contributed by atoms with Gasteiger partial charge in [0.05, 0.1) is 5.92 Å². The predicted octanol–water partition coefficient (Wildman–Crippen LogP) is 3.50. The highest BCUT2D eigenvalue weighted by Gasteiger charge is 2.30. The lowest BCUT2D eigenvalue weighted by Gasteiger charge is -2.18. The van der Waals surface area contributed by atoms with Gasteiger partial charge in [0.25, 0.3) is 0 Å². The fourth-order valence-electron chi connectivity index (χ4n) is 2.08. The van der Waals surface area contributed by atoms with Crippen LogP contribution in [0.3, 0.4) is 0 Å². The summed E-state index contributed by atoms with van der Waals surface area (Å²) < 4.78 is 36.8. The molecular formula is C16H14F3NO. The molecule has 0 radical (unpaired) electrons. The van der Waals surface area contributed by atoms with Crippen molar-refractivity contribution in [3.05, 3.63) is 71.8 Å². The van der Waals surface area contributed by atoms with Gasteiger partial charge in [-0.3, -0.25) is 4.79 Å². The van der Waals surface area contributed by atoms with Gasteiger partial charge in [0.15, 0.2) is 0 Å². The van der Waals surface area contributed by atoms with E-state index >= 15 is 0 Å². The smallest absolute Gasteiger partial charge is 0.346 e. The van der Waals surface area contributed by atoms with E-state index in [4.69, 9.17) is 0 Å². The van der Waals surface area contributed by atoms with Crippen molar-refractivity contribution in [1.29, 1.82) is 0 Å². The first-order valence-corrected chi connectivity index (χ1v) is 6.42. The van der Waals surface area contributed by atoms with Crippen molar-refractivity contribution in [2.24, 2.45) is 0 Å². The molecule has 0 atom stereocenters. The maximum atomic E-state index is 12.3. The van der Waals surface area contributed by atoms with Crippen LogP contribution in [0.2, 0.25) is 0 Å². The lowest BCUT2D eigenvalue weighted by atomic mass is 9.90. The number of alkyl halides is 3. The molecule has 2 rings (SSSR count). The Morgan fingerprint density at radius 3 is 1.71 bits per heavy atom. The molecule has 0 heterocycles. The van der Waals surface area contributed by atoms with Crippen LogP contribution in [0.15, 0.2) is 60.7 Å². The molecule has 2 aromatic rings. The number of halogens is 3. The first-order valence-electron chi connectivity index (χ1n) is 6.42. The van der Waals surface area contributed by atoms with Crippen LogP contribution in [0.25, 0.3) is 0 Å². The summed E-state index contributed by atoms with van der Waals surface area (Å²) in [6.45, 7) is -1.33. The average molecular weight is 293 g/mol. The second-order valence-electron chi connectivity index (χ2n) is 4.59. The van der Waals surface area contributed by atoms with Crippen molar-refractivity contribution in [3.63, 3.8) is 0 Å². The predicted molar refractivity (Wildman–Crippen MR) is 73.8 cm³/mol. The Bertz CT molecular complexity index is 542. The van der Waals surface area contributed by atoms with E-state index in [1.165, 1.54) is 0 Å². The summed E-state index contributed by atoms with van der Waals surface area (Å²) >= 11 is 0. The van der Waals surface area contributed by atoms with Crippen molar-refractivity contribution >= 4 is 5.91 Å². The van der Waals surface area contributed by atoms with Gasteiger partial charge in [-0.2, -0.15) is 13.2 Å². The number of carbonyl (C=O) groups is 1. The zero-order valence-corrected chi connectivity index (χ0v) is 11.1. The Balaban J connectivity index is 2.27. The fraction of sp³-hybridized carbons (Fsp3) is 0.188. The van der Waals surface area contributed by atoms with Crippen LogP contribution >= 0.6 is 0 Å². The Morgan fingerprint density at radius 2 is 1.33 bits per heavy atom. The van der Waals surface area contributed by atoms with E-state index in [1.54, 1.807) is 60.7 Å². The molecule has 0 aliphatic carbocycles. The molecular weight excluding hydrogens is 279 g/mol. The highest BCUT2D eigenvalue weighted by Crippen LogP contribution is 2.25. The van der Waals surface area contributed by atoms with Gasteiger partial charge in [-0.05, 0) is 11.1 Å². The molecule has 0 saturated carbocycles. The summed E-state index contributed by atoms with van der Waals surface area (Å²) in [5, 5.41) is 1.96. The molecule has 0 aliphatic rings. The highest BCUT2D eigenvalue weighted by molar-refractivity contribution is 5.87. The largest absolute Gasteiger partial charge is 0.405 e. The number of hydrogen-bond acceptors (Lipinski definition) is 1. The number of carbonyl (C=O) groups excluding carboxylic acids is 1. The van der Waals surface area contributed by atoms with Crippen molar-refractivity contribution < 1.29 is 18.0 Å². The number of nitrogens with one attached hydrogen (secondary N) is 1. The van der Waals surface area contributed by atoms with Crippen molar-refractivity contribution in [1.82, 2.24) is 5.32 Å². The first kappa shape index (κ1) is 15.1. The molecule has 21 heavy (non-hydrogen) atoms. The zero-order chi connectivity index (χ0) is 15.3. The fourth-order valence-corrected chi connectivity index (χ4v) is 2.08. The lowest BCUT2D eigenvalue weighted by molar-refractivity contribution is -0.138. The molecule has 2 nitrogen and oxygen atoms in total. The summed E-state index contributed by atoms with van der Waals surface area (Å²) in [5.41, 5.74) is 1.31. The Morgan fingerprint density at radius 1 is 0.905 bits per heavy atom. The van der Waals surface area contributed by atoms with Gasteiger partial charge in [0, 0.05) is 0 Å². The van der Waals surface area contributed by atoms with Gasteiger partial charge < -0.3 is 5.32 Å². The van der Waals surface area contributed by atoms with E-state index in [-0.39, 0.29) is 0 Å². The Kier molecular flexibility index (Phi) is 4.62. The van der Waals surface area contributed by atoms with Crippen LogP contribution < -0.4 is 5.32 Å². The van der Waals surface area contributed by atoms with Crippen LogP contribution in [-0.4, -0.2) is 18.6 Å².